The average molecular weight is 519 g/mol. The van der Waals surface area contributed by atoms with Crippen LogP contribution in [-0.2, 0) is 17.6 Å². The standard InChI is InChI=1S/C30H42N6O2/c1-7-8-28(35-18-21(3)34(5)22(4)19-35)26-16-23(9-12-31-26)29-25-10-13-38-14-11-27(25)36(33-29)24-15-20(2)30(37-6)32-17-24/h9,12,15-17,21-22,28H,7-8,10-11,13-14,18-19H2,1-6H3/t21-,22+,28?. The van der Waals surface area contributed by atoms with Crippen LogP contribution in [0.2, 0.25) is 0 Å². The van der Waals surface area contributed by atoms with E-state index in [-0.39, 0.29) is 0 Å². The summed E-state index contributed by atoms with van der Waals surface area (Å²) in [6.07, 6.45) is 7.69. The molecule has 3 aromatic heterocycles. The number of pyridine rings is 2. The summed E-state index contributed by atoms with van der Waals surface area (Å²) in [4.78, 5) is 14.6. The Kier molecular flexibility index (Phi) is 8.12. The lowest BCUT2D eigenvalue weighted by Gasteiger charge is -2.45. The van der Waals surface area contributed by atoms with E-state index in [4.69, 9.17) is 19.6 Å². The van der Waals surface area contributed by atoms with E-state index in [1.165, 1.54) is 11.3 Å². The zero-order chi connectivity index (χ0) is 26.8. The number of methoxy groups -OCH3 is 1. The van der Waals surface area contributed by atoms with Crippen molar-refractivity contribution in [2.75, 3.05) is 40.5 Å². The summed E-state index contributed by atoms with van der Waals surface area (Å²) in [6, 6.07) is 7.83. The molecule has 38 heavy (non-hydrogen) atoms. The third-order valence-corrected chi connectivity index (χ3v) is 8.31. The lowest BCUT2D eigenvalue weighted by molar-refractivity contribution is 0.0293. The van der Waals surface area contributed by atoms with Crippen LogP contribution in [0, 0.1) is 6.92 Å². The molecule has 0 radical (unpaired) electrons. The molecule has 0 N–H and O–H groups in total. The second kappa shape index (κ2) is 11.5. The fourth-order valence-corrected chi connectivity index (χ4v) is 6.04. The third-order valence-electron chi connectivity index (χ3n) is 8.31. The van der Waals surface area contributed by atoms with Gasteiger partial charge in [0.2, 0.25) is 5.88 Å². The number of ether oxygens (including phenoxy) is 2. The van der Waals surface area contributed by atoms with Crippen molar-refractivity contribution in [2.24, 2.45) is 0 Å². The summed E-state index contributed by atoms with van der Waals surface area (Å²) < 4.78 is 13.3. The number of hydrogen-bond acceptors (Lipinski definition) is 7. The Morgan fingerprint density at radius 3 is 2.58 bits per heavy atom. The minimum absolute atomic E-state index is 0.302. The van der Waals surface area contributed by atoms with Crippen molar-refractivity contribution >= 4 is 0 Å². The van der Waals surface area contributed by atoms with Gasteiger partial charge in [-0.15, -0.1) is 0 Å². The molecule has 5 heterocycles. The highest BCUT2D eigenvalue weighted by Gasteiger charge is 2.32. The molecular formula is C30H42N6O2. The Balaban J connectivity index is 1.55. The highest BCUT2D eigenvalue weighted by Crippen LogP contribution is 2.34. The molecular weight excluding hydrogens is 476 g/mol. The van der Waals surface area contributed by atoms with E-state index in [9.17, 15) is 0 Å². The van der Waals surface area contributed by atoms with E-state index in [0.717, 1.165) is 67.0 Å². The Bertz CT molecular complexity index is 1250. The molecule has 0 bridgehead atoms. The van der Waals surface area contributed by atoms with Crippen molar-refractivity contribution in [1.29, 1.82) is 0 Å². The van der Waals surface area contributed by atoms with Crippen LogP contribution in [0.5, 0.6) is 5.88 Å². The summed E-state index contributed by atoms with van der Waals surface area (Å²) in [5.74, 6) is 0.642. The first kappa shape index (κ1) is 26.8. The number of fused-ring (bicyclic) bond motifs is 1. The lowest BCUT2D eigenvalue weighted by Crippen LogP contribution is -2.55. The molecule has 0 spiro atoms. The topological polar surface area (TPSA) is 68.5 Å². The van der Waals surface area contributed by atoms with Gasteiger partial charge in [-0.1, -0.05) is 13.3 Å². The van der Waals surface area contributed by atoms with Crippen LogP contribution >= 0.6 is 0 Å². The predicted octanol–water partition coefficient (Wildman–Crippen LogP) is 4.63. The van der Waals surface area contributed by atoms with Gasteiger partial charge in [-0.25, -0.2) is 9.67 Å². The number of aryl methyl sites for hydroxylation is 1. The summed E-state index contributed by atoms with van der Waals surface area (Å²) in [6.45, 7) is 12.5. The Morgan fingerprint density at radius 2 is 1.87 bits per heavy atom. The fraction of sp³-hybridized carbons (Fsp3) is 0.567. The molecule has 3 aromatic rings. The molecule has 1 unspecified atom stereocenters. The van der Waals surface area contributed by atoms with Crippen LogP contribution in [0.15, 0.2) is 30.6 Å². The molecule has 2 aliphatic heterocycles. The van der Waals surface area contributed by atoms with Crippen LogP contribution in [-0.4, -0.2) is 82.1 Å². The highest BCUT2D eigenvalue weighted by atomic mass is 16.5. The molecule has 8 heteroatoms. The number of rotatable bonds is 7. The van der Waals surface area contributed by atoms with E-state index < -0.39 is 0 Å². The minimum Gasteiger partial charge on any atom is -0.481 e. The maximum Gasteiger partial charge on any atom is 0.216 e. The van der Waals surface area contributed by atoms with Gasteiger partial charge in [0.15, 0.2) is 0 Å². The molecule has 2 aliphatic rings. The molecule has 204 valence electrons. The van der Waals surface area contributed by atoms with Crippen molar-refractivity contribution in [1.82, 2.24) is 29.5 Å². The van der Waals surface area contributed by atoms with E-state index in [2.05, 4.69) is 65.5 Å². The maximum atomic E-state index is 5.88. The maximum absolute atomic E-state index is 5.88. The van der Waals surface area contributed by atoms with Gasteiger partial charge in [-0.05, 0) is 58.9 Å². The van der Waals surface area contributed by atoms with Crippen LogP contribution in [0.1, 0.15) is 62.2 Å². The van der Waals surface area contributed by atoms with Gasteiger partial charge in [-0.3, -0.25) is 14.8 Å². The van der Waals surface area contributed by atoms with E-state index >= 15 is 0 Å². The van der Waals surface area contributed by atoms with Crippen LogP contribution < -0.4 is 4.74 Å². The highest BCUT2D eigenvalue weighted by molar-refractivity contribution is 5.65. The molecule has 0 amide bonds. The first-order valence-corrected chi connectivity index (χ1v) is 14.0. The second-order valence-electron chi connectivity index (χ2n) is 10.9. The first-order chi connectivity index (χ1) is 18.4. The quantitative estimate of drug-likeness (QED) is 0.452. The summed E-state index contributed by atoms with van der Waals surface area (Å²) >= 11 is 0. The number of nitrogens with zero attached hydrogens (tertiary/aromatic N) is 6. The van der Waals surface area contributed by atoms with Crippen molar-refractivity contribution in [2.45, 2.75) is 71.5 Å². The SMILES string of the molecule is CCCC(c1cc(-c2nn(-c3cnc(OC)c(C)c3)c3c2CCOCC3)ccn1)N1C[C@@H](C)N(C)[C@@H](C)C1. The predicted molar refractivity (Wildman–Crippen MR) is 150 cm³/mol. The minimum atomic E-state index is 0.302. The second-order valence-corrected chi connectivity index (χ2v) is 10.9. The van der Waals surface area contributed by atoms with Gasteiger partial charge < -0.3 is 9.47 Å². The van der Waals surface area contributed by atoms with Crippen LogP contribution in [0.25, 0.3) is 16.9 Å². The number of hydrogen-bond donors (Lipinski definition) is 0. The van der Waals surface area contributed by atoms with Gasteiger partial charge in [0.1, 0.15) is 0 Å². The zero-order valence-corrected chi connectivity index (χ0v) is 23.8. The molecule has 0 aromatic carbocycles. The van der Waals surface area contributed by atoms with Crippen molar-refractivity contribution < 1.29 is 9.47 Å². The van der Waals surface area contributed by atoms with Crippen LogP contribution in [0.4, 0.5) is 0 Å². The largest absolute Gasteiger partial charge is 0.481 e. The molecule has 8 nitrogen and oxygen atoms in total. The van der Waals surface area contributed by atoms with Crippen molar-refractivity contribution in [3.63, 3.8) is 0 Å². The normalized spacial score (nSPS) is 21.6. The Hall–Kier alpha value is -2.81. The summed E-state index contributed by atoms with van der Waals surface area (Å²) in [5.41, 5.74) is 7.70. The zero-order valence-electron chi connectivity index (χ0n) is 23.8. The van der Waals surface area contributed by atoms with Gasteiger partial charge in [-0.2, -0.15) is 5.10 Å². The molecule has 1 fully saturated rings. The molecule has 0 saturated carbocycles. The van der Waals surface area contributed by atoms with Gasteiger partial charge in [0.05, 0.1) is 55.3 Å². The molecule has 5 rings (SSSR count). The van der Waals surface area contributed by atoms with Crippen molar-refractivity contribution in [3.8, 4) is 22.8 Å². The van der Waals surface area contributed by atoms with E-state index in [1.54, 1.807) is 7.11 Å². The number of likely N-dealkylation sites (N-methyl/N-ethyl adjacent to an activating group) is 1. The Labute approximate surface area is 227 Å². The van der Waals surface area contributed by atoms with E-state index in [1.807, 2.05) is 19.3 Å². The lowest BCUT2D eigenvalue weighted by atomic mass is 9.98. The number of aromatic nitrogens is 4. The van der Waals surface area contributed by atoms with E-state index in [0.29, 0.717) is 37.2 Å². The Morgan fingerprint density at radius 1 is 1.11 bits per heavy atom. The van der Waals surface area contributed by atoms with Gasteiger partial charge in [0.25, 0.3) is 0 Å². The average Bonchev–Trinajstić information content (AvgIpc) is 3.10. The van der Waals surface area contributed by atoms with Gasteiger partial charge in [0, 0.05) is 54.5 Å². The molecule has 3 atom stereocenters. The first-order valence-electron chi connectivity index (χ1n) is 14.0. The van der Waals surface area contributed by atoms with Crippen LogP contribution in [0.3, 0.4) is 0 Å². The smallest absolute Gasteiger partial charge is 0.216 e. The van der Waals surface area contributed by atoms with Crippen molar-refractivity contribution in [3.05, 3.63) is 53.1 Å². The molecule has 0 aliphatic carbocycles. The molecule has 1 saturated heterocycles. The summed E-state index contributed by atoms with van der Waals surface area (Å²) in [5, 5.41) is 5.20. The summed E-state index contributed by atoms with van der Waals surface area (Å²) in [7, 11) is 3.90. The monoisotopic (exact) mass is 518 g/mol. The third kappa shape index (κ3) is 5.22. The van der Waals surface area contributed by atoms with Gasteiger partial charge >= 0.3 is 0 Å². The number of piperazine rings is 1. The fourth-order valence-electron chi connectivity index (χ4n) is 6.04.